The third-order valence-corrected chi connectivity index (χ3v) is 11.3. The highest BCUT2D eigenvalue weighted by Crippen LogP contribution is 2.14. The van der Waals surface area contributed by atoms with Gasteiger partial charge in [0.1, 0.15) is 19.8 Å². The summed E-state index contributed by atoms with van der Waals surface area (Å²) in [5.74, 6) is -1.37. The number of esters is 3. The van der Waals surface area contributed by atoms with Crippen LogP contribution in [0.2, 0.25) is 0 Å². The van der Waals surface area contributed by atoms with Crippen molar-refractivity contribution in [3.8, 4) is 0 Å². The summed E-state index contributed by atoms with van der Waals surface area (Å²) in [6, 6.07) is 0. The SMILES string of the molecule is CCCCCC/C=C\COC(=O)CCCCCCCCCC(=O)OCC(COC(=O)CCC(OCCCCCCCC)OCCCCCCCC)COC(=[OH+])OCCCN(CC)CC. The lowest BCUT2D eigenvalue weighted by molar-refractivity contribution is -0.161. The molecule has 0 spiro atoms. The van der Waals surface area contributed by atoms with Crippen LogP contribution in [0, 0.1) is 5.92 Å². The molecular formula is C52H98NO11+. The maximum absolute atomic E-state index is 13.0. The molecule has 0 aliphatic carbocycles. The van der Waals surface area contributed by atoms with Crippen molar-refractivity contribution in [2.24, 2.45) is 5.92 Å². The van der Waals surface area contributed by atoms with E-state index in [1.54, 1.807) is 0 Å². The van der Waals surface area contributed by atoms with E-state index < -0.39 is 24.3 Å². The van der Waals surface area contributed by atoms with Gasteiger partial charge in [0.2, 0.25) is 0 Å². The molecule has 1 atom stereocenters. The van der Waals surface area contributed by atoms with E-state index in [-0.39, 0.29) is 44.6 Å². The summed E-state index contributed by atoms with van der Waals surface area (Å²) in [4.78, 5) is 50.2. The van der Waals surface area contributed by atoms with E-state index in [0.29, 0.717) is 45.7 Å². The first-order valence-corrected chi connectivity index (χ1v) is 26.2. The third-order valence-electron chi connectivity index (χ3n) is 11.3. The van der Waals surface area contributed by atoms with Crippen LogP contribution in [0.1, 0.15) is 221 Å². The molecular weight excluding hydrogens is 815 g/mol. The molecule has 0 aliphatic heterocycles. The normalized spacial score (nSPS) is 12.0. The summed E-state index contributed by atoms with van der Waals surface area (Å²) in [6.45, 7) is 15.3. The van der Waals surface area contributed by atoms with Crippen LogP contribution in [0.5, 0.6) is 0 Å². The van der Waals surface area contributed by atoms with Crippen LogP contribution in [0.3, 0.4) is 0 Å². The highest BCUT2D eigenvalue weighted by atomic mass is 16.7. The zero-order chi connectivity index (χ0) is 47.0. The lowest BCUT2D eigenvalue weighted by Gasteiger charge is -2.19. The maximum Gasteiger partial charge on any atom is 0.712 e. The Balaban J connectivity index is 4.77. The van der Waals surface area contributed by atoms with Crippen LogP contribution >= 0.6 is 0 Å². The third kappa shape index (κ3) is 43.2. The number of carbonyl (C=O) groups excluding carboxylic acids is 4. The average Bonchev–Trinajstić information content (AvgIpc) is 3.29. The Morgan fingerprint density at radius 1 is 0.469 bits per heavy atom. The quantitative estimate of drug-likeness (QED) is 0.0144. The number of allylic oxidation sites excluding steroid dienone is 1. The van der Waals surface area contributed by atoms with Crippen LogP contribution in [0.15, 0.2) is 12.2 Å². The molecule has 0 heterocycles. The second-order valence-corrected chi connectivity index (χ2v) is 17.3. The Labute approximate surface area is 391 Å². The van der Waals surface area contributed by atoms with Crippen molar-refractivity contribution < 1.29 is 52.3 Å². The average molecular weight is 913 g/mol. The fraction of sp³-hybridized carbons (Fsp3) is 0.885. The van der Waals surface area contributed by atoms with E-state index in [9.17, 15) is 19.2 Å². The number of hydrogen-bond donors (Lipinski definition) is 0. The lowest BCUT2D eigenvalue weighted by Crippen LogP contribution is -2.28. The van der Waals surface area contributed by atoms with Crippen LogP contribution in [0.25, 0.3) is 0 Å². The van der Waals surface area contributed by atoms with Gasteiger partial charge in [-0.2, -0.15) is 0 Å². The summed E-state index contributed by atoms with van der Waals surface area (Å²) in [6.07, 6.45) is 31.5. The first-order valence-electron chi connectivity index (χ1n) is 26.2. The van der Waals surface area contributed by atoms with E-state index in [0.717, 1.165) is 96.7 Å². The number of ether oxygens (including phenoxy) is 7. The highest BCUT2D eigenvalue weighted by molar-refractivity contribution is 5.70. The number of carbonyl (C=O) groups is 3. The van der Waals surface area contributed by atoms with Gasteiger partial charge >= 0.3 is 24.1 Å². The zero-order valence-electron chi connectivity index (χ0n) is 41.9. The Morgan fingerprint density at radius 3 is 1.45 bits per heavy atom. The fourth-order valence-electron chi connectivity index (χ4n) is 7.08. The molecule has 0 bridgehead atoms. The minimum absolute atomic E-state index is 0.0233. The van der Waals surface area contributed by atoms with Crippen LogP contribution in [-0.4, -0.2) is 106 Å². The Morgan fingerprint density at radius 2 is 0.922 bits per heavy atom. The van der Waals surface area contributed by atoms with Crippen molar-refractivity contribution in [3.05, 3.63) is 12.2 Å². The molecule has 0 rings (SSSR count). The summed E-state index contributed by atoms with van der Waals surface area (Å²) in [5, 5.41) is 0. The summed E-state index contributed by atoms with van der Waals surface area (Å²) in [7, 11) is 0. The molecule has 1 unspecified atom stereocenters. The van der Waals surface area contributed by atoms with E-state index in [4.69, 9.17) is 33.2 Å². The van der Waals surface area contributed by atoms with E-state index in [1.807, 2.05) is 6.08 Å². The van der Waals surface area contributed by atoms with E-state index in [1.165, 1.54) is 77.0 Å². The number of unbranched alkanes of at least 4 members (excludes halogenated alkanes) is 20. The van der Waals surface area contributed by atoms with Crippen molar-refractivity contribution in [2.75, 3.05) is 65.9 Å². The smallest absolute Gasteiger partial charge is 0.465 e. The zero-order valence-corrected chi connectivity index (χ0v) is 41.9. The number of hydrogen-bond acceptors (Lipinski definition) is 11. The molecule has 0 saturated heterocycles. The topological polar surface area (TPSA) is 140 Å². The number of nitrogens with zero attached hydrogens (tertiary/aromatic N) is 1. The van der Waals surface area contributed by atoms with Crippen molar-refractivity contribution >= 4 is 24.1 Å². The van der Waals surface area contributed by atoms with Gasteiger partial charge in [-0.1, -0.05) is 162 Å². The Bertz CT molecular complexity index is 1080. The van der Waals surface area contributed by atoms with Crippen molar-refractivity contribution in [3.63, 3.8) is 0 Å². The second kappa shape index (κ2) is 48.2. The minimum Gasteiger partial charge on any atom is -0.465 e. The predicted molar refractivity (Wildman–Crippen MR) is 259 cm³/mol. The molecule has 12 heteroatoms. The molecule has 0 saturated carbocycles. The van der Waals surface area contributed by atoms with Crippen molar-refractivity contribution in [1.82, 2.24) is 4.90 Å². The minimum atomic E-state index is -0.550. The molecule has 0 amide bonds. The summed E-state index contributed by atoms with van der Waals surface area (Å²) < 4.78 is 39.6. The van der Waals surface area contributed by atoms with Gasteiger partial charge in [0.05, 0.1) is 12.3 Å². The molecule has 0 radical (unpaired) electrons. The van der Waals surface area contributed by atoms with Crippen LogP contribution < -0.4 is 0 Å². The molecule has 0 aromatic heterocycles. The lowest BCUT2D eigenvalue weighted by atomic mass is 10.1. The van der Waals surface area contributed by atoms with Crippen LogP contribution in [0.4, 0.5) is 0 Å². The van der Waals surface area contributed by atoms with Gasteiger partial charge in [0.15, 0.2) is 19.5 Å². The molecule has 0 aromatic rings. The predicted octanol–water partition coefficient (Wildman–Crippen LogP) is 12.4. The van der Waals surface area contributed by atoms with Gasteiger partial charge in [-0.15, -0.1) is 0 Å². The molecule has 376 valence electrons. The standard InChI is InChI=1S/C52H97NO11/c1-6-11-14-17-23-28-31-40-58-48(54)35-29-24-21-20-22-25-30-36-49(55)62-44-47(46-64-52(57)61-43-34-39-53(9-4)10-5)45-63-50(56)37-38-51(59-41-32-26-18-15-12-7-2)60-42-33-27-19-16-13-8-3/h28,31,47,51H,6-27,29-30,32-46H2,1-5H3/p+1/b31-28-. The second-order valence-electron chi connectivity index (χ2n) is 17.3. The maximum atomic E-state index is 13.0. The van der Waals surface area contributed by atoms with Crippen LogP contribution in [-0.2, 0) is 47.5 Å². The van der Waals surface area contributed by atoms with Gasteiger partial charge in [-0.25, -0.2) is 0 Å². The molecule has 0 aromatic carbocycles. The van der Waals surface area contributed by atoms with Crippen molar-refractivity contribution in [2.45, 2.75) is 227 Å². The highest BCUT2D eigenvalue weighted by Gasteiger charge is 2.23. The van der Waals surface area contributed by atoms with E-state index >= 15 is 0 Å². The number of rotatable bonds is 48. The summed E-state index contributed by atoms with van der Waals surface area (Å²) in [5.41, 5.74) is 0. The first-order chi connectivity index (χ1) is 31.3. The molecule has 0 aliphatic rings. The van der Waals surface area contributed by atoms with Gasteiger partial charge < -0.3 is 42.9 Å². The summed E-state index contributed by atoms with van der Waals surface area (Å²) >= 11 is 0. The Hall–Kier alpha value is -2.70. The molecule has 0 fully saturated rings. The molecule has 1 N–H and O–H groups in total. The molecule has 64 heavy (non-hydrogen) atoms. The first kappa shape index (κ1) is 61.3. The van der Waals surface area contributed by atoms with Gasteiger partial charge in [0, 0.05) is 45.4 Å². The van der Waals surface area contributed by atoms with Gasteiger partial charge in [-0.3, -0.25) is 14.4 Å². The van der Waals surface area contributed by atoms with E-state index in [2.05, 4.69) is 45.6 Å². The van der Waals surface area contributed by atoms with Gasteiger partial charge in [-0.05, 0) is 51.6 Å². The largest absolute Gasteiger partial charge is 0.712 e. The monoisotopic (exact) mass is 913 g/mol. The van der Waals surface area contributed by atoms with Gasteiger partial charge in [0.25, 0.3) is 0 Å². The Kier molecular flexibility index (Phi) is 46.2. The van der Waals surface area contributed by atoms with Crippen molar-refractivity contribution in [1.29, 1.82) is 0 Å². The molecule has 12 nitrogen and oxygen atoms in total. The fourth-order valence-corrected chi connectivity index (χ4v) is 7.08.